The largest absolute Gasteiger partial charge is 0.508 e. The average Bonchev–Trinajstić information content (AvgIpc) is 2.29. The normalized spacial score (nSPS) is 10.1. The van der Waals surface area contributed by atoms with Gasteiger partial charge < -0.3 is 10.0 Å². The second-order valence-corrected chi connectivity index (χ2v) is 4.44. The van der Waals surface area contributed by atoms with Gasteiger partial charge in [-0.1, -0.05) is 12.1 Å². The third kappa shape index (κ3) is 4.10. The smallest absolute Gasteiger partial charge is 0.227 e. The predicted molar refractivity (Wildman–Crippen MR) is 68.9 cm³/mol. The Bertz CT molecular complexity index is 449. The number of carbonyl (C=O) groups is 1. The number of rotatable bonds is 5. The van der Waals surface area contributed by atoms with Crippen molar-refractivity contribution < 1.29 is 9.90 Å². The van der Waals surface area contributed by atoms with Gasteiger partial charge >= 0.3 is 0 Å². The molecule has 0 atom stereocenters. The third-order valence-corrected chi connectivity index (χ3v) is 2.67. The lowest BCUT2D eigenvalue weighted by molar-refractivity contribution is -0.132. The molecular weight excluding hydrogens is 228 g/mol. The Morgan fingerprint density at radius 2 is 2.22 bits per heavy atom. The van der Waals surface area contributed by atoms with Crippen molar-refractivity contribution in [2.24, 2.45) is 0 Å². The molecule has 0 bridgehead atoms. The van der Waals surface area contributed by atoms with Crippen LogP contribution in [0, 0.1) is 11.3 Å². The van der Waals surface area contributed by atoms with E-state index >= 15 is 0 Å². The van der Waals surface area contributed by atoms with Gasteiger partial charge in [0.1, 0.15) is 5.75 Å². The van der Waals surface area contributed by atoms with E-state index in [9.17, 15) is 9.90 Å². The van der Waals surface area contributed by atoms with Crippen molar-refractivity contribution in [3.8, 4) is 11.8 Å². The standard InChI is InChI=1S/C14H18N2O2/c1-11(2)16(8-4-7-15)14(18)10-12-5-3-6-13(17)9-12/h3,5-6,9,11,17H,4,8,10H2,1-2H3. The number of nitrogens with zero attached hydrogens (tertiary/aromatic N) is 2. The zero-order valence-electron chi connectivity index (χ0n) is 10.8. The van der Waals surface area contributed by atoms with Gasteiger partial charge in [-0.3, -0.25) is 4.79 Å². The van der Waals surface area contributed by atoms with E-state index in [1.54, 1.807) is 29.2 Å². The lowest BCUT2D eigenvalue weighted by atomic mass is 10.1. The molecule has 0 aliphatic carbocycles. The van der Waals surface area contributed by atoms with Crippen LogP contribution in [0.5, 0.6) is 5.75 Å². The molecule has 1 aromatic rings. The highest BCUT2D eigenvalue weighted by Crippen LogP contribution is 2.13. The van der Waals surface area contributed by atoms with Crippen LogP contribution in [0.4, 0.5) is 0 Å². The molecule has 0 saturated heterocycles. The summed E-state index contributed by atoms with van der Waals surface area (Å²) in [6.07, 6.45) is 0.585. The number of phenols is 1. The van der Waals surface area contributed by atoms with Crippen LogP contribution >= 0.6 is 0 Å². The van der Waals surface area contributed by atoms with Crippen LogP contribution in [0.3, 0.4) is 0 Å². The van der Waals surface area contributed by atoms with Gasteiger partial charge in [0.15, 0.2) is 0 Å². The Morgan fingerprint density at radius 1 is 1.50 bits per heavy atom. The topological polar surface area (TPSA) is 64.3 Å². The van der Waals surface area contributed by atoms with Crippen molar-refractivity contribution in [2.45, 2.75) is 32.7 Å². The van der Waals surface area contributed by atoms with Gasteiger partial charge in [-0.25, -0.2) is 0 Å². The number of benzene rings is 1. The molecular formula is C14H18N2O2. The molecule has 0 saturated carbocycles. The first-order chi connectivity index (χ1) is 8.54. The van der Waals surface area contributed by atoms with Gasteiger partial charge in [-0.2, -0.15) is 5.26 Å². The molecule has 1 aromatic carbocycles. The molecule has 1 amide bonds. The Balaban J connectivity index is 2.70. The maximum atomic E-state index is 12.1. The van der Waals surface area contributed by atoms with Gasteiger partial charge in [0, 0.05) is 12.6 Å². The van der Waals surface area contributed by atoms with Crippen LogP contribution in [-0.2, 0) is 11.2 Å². The highest BCUT2D eigenvalue weighted by atomic mass is 16.3. The first kappa shape index (κ1) is 14.0. The van der Waals surface area contributed by atoms with E-state index in [-0.39, 0.29) is 24.1 Å². The quantitative estimate of drug-likeness (QED) is 0.865. The van der Waals surface area contributed by atoms with Crippen LogP contribution in [0.1, 0.15) is 25.8 Å². The zero-order chi connectivity index (χ0) is 13.5. The molecule has 4 nitrogen and oxygen atoms in total. The molecule has 0 aliphatic heterocycles. The molecule has 1 N–H and O–H groups in total. The highest BCUT2D eigenvalue weighted by molar-refractivity contribution is 5.79. The number of hydrogen-bond donors (Lipinski definition) is 1. The van der Waals surface area contributed by atoms with Crippen LogP contribution in [-0.4, -0.2) is 28.5 Å². The Hall–Kier alpha value is -2.02. The first-order valence-corrected chi connectivity index (χ1v) is 5.99. The molecule has 1 rings (SSSR count). The predicted octanol–water partition coefficient (Wildman–Crippen LogP) is 2.09. The van der Waals surface area contributed by atoms with E-state index < -0.39 is 0 Å². The summed E-state index contributed by atoms with van der Waals surface area (Å²) >= 11 is 0. The SMILES string of the molecule is CC(C)N(CCC#N)C(=O)Cc1cccc(O)c1. The number of hydrogen-bond acceptors (Lipinski definition) is 3. The van der Waals surface area contributed by atoms with Gasteiger partial charge in [0.2, 0.25) is 5.91 Å². The maximum absolute atomic E-state index is 12.1. The number of phenolic OH excluding ortho intramolecular Hbond substituents is 1. The number of carbonyl (C=O) groups excluding carboxylic acids is 1. The van der Waals surface area contributed by atoms with Gasteiger partial charge in [0.25, 0.3) is 0 Å². The summed E-state index contributed by atoms with van der Waals surface area (Å²) in [7, 11) is 0. The minimum Gasteiger partial charge on any atom is -0.508 e. The van der Waals surface area contributed by atoms with Crippen molar-refractivity contribution in [1.29, 1.82) is 5.26 Å². The van der Waals surface area contributed by atoms with Crippen molar-refractivity contribution >= 4 is 5.91 Å². The first-order valence-electron chi connectivity index (χ1n) is 5.99. The van der Waals surface area contributed by atoms with Crippen molar-refractivity contribution in [3.05, 3.63) is 29.8 Å². The van der Waals surface area contributed by atoms with Crippen LogP contribution in [0.25, 0.3) is 0 Å². The van der Waals surface area contributed by atoms with E-state index in [1.165, 1.54) is 0 Å². The average molecular weight is 246 g/mol. The van der Waals surface area contributed by atoms with Crippen LogP contribution in [0.2, 0.25) is 0 Å². The lowest BCUT2D eigenvalue weighted by Crippen LogP contribution is -2.38. The molecule has 96 valence electrons. The molecule has 0 fully saturated rings. The van der Waals surface area contributed by atoms with Crippen molar-refractivity contribution in [1.82, 2.24) is 4.90 Å². The van der Waals surface area contributed by atoms with Crippen LogP contribution < -0.4 is 0 Å². The number of nitriles is 1. The summed E-state index contributed by atoms with van der Waals surface area (Å²) in [4.78, 5) is 13.8. The molecule has 0 aliphatic rings. The molecule has 18 heavy (non-hydrogen) atoms. The van der Waals surface area contributed by atoms with Crippen molar-refractivity contribution in [2.75, 3.05) is 6.54 Å². The lowest BCUT2D eigenvalue weighted by Gasteiger charge is -2.26. The Labute approximate surface area is 107 Å². The molecule has 0 unspecified atom stereocenters. The summed E-state index contributed by atoms with van der Waals surface area (Å²) in [5, 5.41) is 17.9. The third-order valence-electron chi connectivity index (χ3n) is 2.67. The summed E-state index contributed by atoms with van der Waals surface area (Å²) < 4.78 is 0. The van der Waals surface area contributed by atoms with Gasteiger partial charge in [-0.15, -0.1) is 0 Å². The highest BCUT2D eigenvalue weighted by Gasteiger charge is 2.16. The minimum atomic E-state index is -0.0224. The van der Waals surface area contributed by atoms with E-state index in [1.807, 2.05) is 19.9 Å². The monoisotopic (exact) mass is 246 g/mol. The second kappa shape index (κ2) is 6.65. The summed E-state index contributed by atoms with van der Waals surface area (Å²) in [6.45, 7) is 4.31. The van der Waals surface area contributed by atoms with E-state index in [2.05, 4.69) is 0 Å². The zero-order valence-corrected chi connectivity index (χ0v) is 10.8. The second-order valence-electron chi connectivity index (χ2n) is 4.44. The van der Waals surface area contributed by atoms with E-state index in [4.69, 9.17) is 5.26 Å². The maximum Gasteiger partial charge on any atom is 0.227 e. The fourth-order valence-electron chi connectivity index (χ4n) is 1.78. The van der Waals surface area contributed by atoms with Gasteiger partial charge in [0.05, 0.1) is 18.9 Å². The fraction of sp³-hybridized carbons (Fsp3) is 0.429. The molecule has 4 heteroatoms. The molecule has 0 heterocycles. The van der Waals surface area contributed by atoms with Crippen molar-refractivity contribution in [3.63, 3.8) is 0 Å². The fourth-order valence-corrected chi connectivity index (χ4v) is 1.78. The summed E-state index contributed by atoms with van der Waals surface area (Å²) in [6, 6.07) is 8.80. The summed E-state index contributed by atoms with van der Waals surface area (Å²) in [5.74, 6) is 0.138. The molecule has 0 aromatic heterocycles. The molecule has 0 radical (unpaired) electrons. The summed E-state index contributed by atoms with van der Waals surface area (Å²) in [5.41, 5.74) is 0.780. The van der Waals surface area contributed by atoms with Gasteiger partial charge in [-0.05, 0) is 31.5 Å². The minimum absolute atomic E-state index is 0.0224. The van der Waals surface area contributed by atoms with Crippen LogP contribution in [0.15, 0.2) is 24.3 Å². The van der Waals surface area contributed by atoms with E-state index in [0.29, 0.717) is 13.0 Å². The number of aromatic hydroxyl groups is 1. The number of amides is 1. The Kier molecular flexibility index (Phi) is 5.19. The molecule has 0 spiro atoms. The van der Waals surface area contributed by atoms with E-state index in [0.717, 1.165) is 5.56 Å². The Morgan fingerprint density at radius 3 is 2.78 bits per heavy atom.